The van der Waals surface area contributed by atoms with Gasteiger partial charge in [0.2, 0.25) is 0 Å². The summed E-state index contributed by atoms with van der Waals surface area (Å²) in [6, 6.07) is 0. The molecule has 19 heavy (non-hydrogen) atoms. The van der Waals surface area contributed by atoms with E-state index in [1.54, 1.807) is 0 Å². The Morgan fingerprint density at radius 1 is 0.895 bits per heavy atom. The number of carbonyl (C=O) groups excluding carboxylic acids is 1. The fraction of sp³-hybridized carbons (Fsp3) is 0.875. The SMILES string of the molecule is CCC(CC)(CC)C(=O)C(C(=O)O)(C(C)C)C(C)C. The van der Waals surface area contributed by atoms with Crippen molar-refractivity contribution < 1.29 is 14.7 Å². The number of aliphatic carboxylic acids is 1. The minimum absolute atomic E-state index is 0.0787. The average Bonchev–Trinajstić information content (AvgIpc) is 2.31. The molecule has 0 aromatic heterocycles. The van der Waals surface area contributed by atoms with Crippen LogP contribution >= 0.6 is 0 Å². The van der Waals surface area contributed by atoms with Gasteiger partial charge in [-0.2, -0.15) is 0 Å². The first-order valence-corrected chi connectivity index (χ1v) is 7.45. The maximum absolute atomic E-state index is 13.1. The zero-order valence-corrected chi connectivity index (χ0v) is 13.5. The molecule has 3 nitrogen and oxygen atoms in total. The van der Waals surface area contributed by atoms with Crippen LogP contribution in [0.2, 0.25) is 0 Å². The molecule has 0 saturated carbocycles. The highest BCUT2D eigenvalue weighted by atomic mass is 16.4. The van der Waals surface area contributed by atoms with Crippen LogP contribution in [0.5, 0.6) is 0 Å². The van der Waals surface area contributed by atoms with Crippen LogP contribution in [0.3, 0.4) is 0 Å². The van der Waals surface area contributed by atoms with E-state index in [-0.39, 0.29) is 17.6 Å². The van der Waals surface area contributed by atoms with E-state index < -0.39 is 16.8 Å². The van der Waals surface area contributed by atoms with Gasteiger partial charge < -0.3 is 5.11 Å². The van der Waals surface area contributed by atoms with Crippen molar-refractivity contribution in [2.75, 3.05) is 0 Å². The Labute approximate surface area is 117 Å². The minimum atomic E-state index is -1.28. The molecule has 3 heteroatoms. The molecule has 0 radical (unpaired) electrons. The molecule has 0 aromatic carbocycles. The predicted octanol–water partition coefficient (Wildman–Crippen LogP) is 4.15. The minimum Gasteiger partial charge on any atom is -0.480 e. The topological polar surface area (TPSA) is 54.4 Å². The molecule has 0 atom stereocenters. The van der Waals surface area contributed by atoms with Crippen molar-refractivity contribution in [1.82, 2.24) is 0 Å². The maximum atomic E-state index is 13.1. The number of carboxylic acids is 1. The average molecular weight is 270 g/mol. The standard InChI is InChI=1S/C16H30O3/c1-8-15(9-2,10-3)13(17)16(11(4)5,12(6)7)14(18)19/h11-12H,8-10H2,1-7H3,(H,18,19). The van der Waals surface area contributed by atoms with Crippen molar-refractivity contribution in [2.24, 2.45) is 22.7 Å². The van der Waals surface area contributed by atoms with Gasteiger partial charge in [0.15, 0.2) is 5.78 Å². The van der Waals surface area contributed by atoms with E-state index in [2.05, 4.69) is 0 Å². The third-order valence-corrected chi connectivity index (χ3v) is 5.06. The van der Waals surface area contributed by atoms with Gasteiger partial charge in [0.05, 0.1) is 0 Å². The number of hydrogen-bond acceptors (Lipinski definition) is 2. The van der Waals surface area contributed by atoms with Crippen molar-refractivity contribution in [2.45, 2.75) is 67.7 Å². The highest BCUT2D eigenvalue weighted by molar-refractivity contribution is 6.06. The monoisotopic (exact) mass is 270 g/mol. The van der Waals surface area contributed by atoms with Crippen LogP contribution in [-0.4, -0.2) is 16.9 Å². The fourth-order valence-corrected chi connectivity index (χ4v) is 3.45. The molecule has 0 fully saturated rings. The van der Waals surface area contributed by atoms with Gasteiger partial charge in [-0.1, -0.05) is 48.5 Å². The third-order valence-electron chi connectivity index (χ3n) is 5.06. The lowest BCUT2D eigenvalue weighted by molar-refractivity contribution is -0.167. The van der Waals surface area contributed by atoms with Crippen molar-refractivity contribution in [3.05, 3.63) is 0 Å². The van der Waals surface area contributed by atoms with Crippen molar-refractivity contribution in [1.29, 1.82) is 0 Å². The Morgan fingerprint density at radius 3 is 1.37 bits per heavy atom. The first-order chi connectivity index (χ1) is 8.67. The smallest absolute Gasteiger partial charge is 0.317 e. The van der Waals surface area contributed by atoms with E-state index >= 15 is 0 Å². The number of carbonyl (C=O) groups is 2. The van der Waals surface area contributed by atoms with Crippen LogP contribution in [0.4, 0.5) is 0 Å². The largest absolute Gasteiger partial charge is 0.480 e. The molecular weight excluding hydrogens is 240 g/mol. The summed E-state index contributed by atoms with van der Waals surface area (Å²) in [7, 11) is 0. The van der Waals surface area contributed by atoms with Gasteiger partial charge in [-0.3, -0.25) is 9.59 Å². The Hall–Kier alpha value is -0.860. The number of hydrogen-bond donors (Lipinski definition) is 1. The van der Waals surface area contributed by atoms with Crippen LogP contribution in [-0.2, 0) is 9.59 Å². The van der Waals surface area contributed by atoms with Crippen molar-refractivity contribution >= 4 is 11.8 Å². The van der Waals surface area contributed by atoms with E-state index in [1.165, 1.54) is 0 Å². The summed E-state index contributed by atoms with van der Waals surface area (Å²) in [5.41, 5.74) is -1.78. The molecule has 0 aliphatic carbocycles. The second-order valence-corrected chi connectivity index (χ2v) is 6.15. The van der Waals surface area contributed by atoms with Crippen LogP contribution in [0, 0.1) is 22.7 Å². The first-order valence-electron chi connectivity index (χ1n) is 7.45. The van der Waals surface area contributed by atoms with E-state index in [1.807, 2.05) is 48.5 Å². The zero-order valence-electron chi connectivity index (χ0n) is 13.5. The molecule has 0 spiro atoms. The Balaban J connectivity index is 6.03. The van der Waals surface area contributed by atoms with Gasteiger partial charge in [0.1, 0.15) is 5.41 Å². The van der Waals surface area contributed by atoms with Crippen molar-refractivity contribution in [3.8, 4) is 0 Å². The van der Waals surface area contributed by atoms with E-state index in [9.17, 15) is 14.7 Å². The highest BCUT2D eigenvalue weighted by Crippen LogP contribution is 2.46. The summed E-state index contributed by atoms with van der Waals surface area (Å²) in [6.45, 7) is 13.3. The molecule has 0 aliphatic heterocycles. The van der Waals surface area contributed by atoms with E-state index in [0.29, 0.717) is 19.3 Å². The van der Waals surface area contributed by atoms with E-state index in [0.717, 1.165) is 0 Å². The number of ketones is 1. The lowest BCUT2D eigenvalue weighted by Crippen LogP contribution is -2.54. The van der Waals surface area contributed by atoms with Crippen molar-refractivity contribution in [3.63, 3.8) is 0 Å². The summed E-state index contributed by atoms with van der Waals surface area (Å²) < 4.78 is 0. The molecule has 0 rings (SSSR count). The molecule has 112 valence electrons. The maximum Gasteiger partial charge on any atom is 0.317 e. The lowest BCUT2D eigenvalue weighted by Gasteiger charge is -2.43. The first kappa shape index (κ1) is 18.1. The quantitative estimate of drug-likeness (QED) is 0.674. The lowest BCUT2D eigenvalue weighted by atomic mass is 9.57. The summed E-state index contributed by atoms with van der Waals surface area (Å²) in [5, 5.41) is 9.76. The third kappa shape index (κ3) is 2.70. The summed E-state index contributed by atoms with van der Waals surface area (Å²) in [6.07, 6.45) is 2.11. The highest BCUT2D eigenvalue weighted by Gasteiger charge is 2.56. The van der Waals surface area contributed by atoms with Crippen LogP contribution in [0.15, 0.2) is 0 Å². The summed E-state index contributed by atoms with van der Waals surface area (Å²) in [5.74, 6) is -1.46. The Morgan fingerprint density at radius 2 is 1.21 bits per heavy atom. The Bertz CT molecular complexity index is 309. The Kier molecular flexibility index (Phi) is 6.24. The molecule has 0 aromatic rings. The number of Topliss-reactive ketones (excluding diaryl/α,β-unsaturated/α-hetero) is 1. The van der Waals surface area contributed by atoms with Gasteiger partial charge >= 0.3 is 5.97 Å². The van der Waals surface area contributed by atoms with Crippen LogP contribution < -0.4 is 0 Å². The molecular formula is C16H30O3. The van der Waals surface area contributed by atoms with Gasteiger partial charge in [0, 0.05) is 5.41 Å². The zero-order chi connectivity index (χ0) is 15.4. The summed E-state index contributed by atoms with van der Waals surface area (Å²) in [4.78, 5) is 25.0. The van der Waals surface area contributed by atoms with Crippen LogP contribution in [0.25, 0.3) is 0 Å². The van der Waals surface area contributed by atoms with Gasteiger partial charge in [-0.25, -0.2) is 0 Å². The second kappa shape index (κ2) is 6.53. The van der Waals surface area contributed by atoms with Gasteiger partial charge in [-0.15, -0.1) is 0 Å². The molecule has 1 N–H and O–H groups in total. The predicted molar refractivity (Wildman–Crippen MR) is 78.1 cm³/mol. The molecule has 0 amide bonds. The molecule has 0 saturated heterocycles. The van der Waals surface area contributed by atoms with Crippen LogP contribution in [0.1, 0.15) is 67.7 Å². The van der Waals surface area contributed by atoms with Gasteiger partial charge in [0.25, 0.3) is 0 Å². The number of rotatable bonds is 8. The molecule has 0 unspecified atom stereocenters. The van der Waals surface area contributed by atoms with E-state index in [4.69, 9.17) is 0 Å². The fourth-order valence-electron chi connectivity index (χ4n) is 3.45. The number of carboxylic acid groups (broad SMARTS) is 1. The normalized spacial score (nSPS) is 13.1. The molecule has 0 heterocycles. The van der Waals surface area contributed by atoms with Gasteiger partial charge in [-0.05, 0) is 31.1 Å². The molecule has 0 aliphatic rings. The summed E-state index contributed by atoms with van der Waals surface area (Å²) >= 11 is 0. The second-order valence-electron chi connectivity index (χ2n) is 6.15. The molecule has 0 bridgehead atoms.